The van der Waals surface area contributed by atoms with Crippen LogP contribution >= 0.6 is 0 Å². The Bertz CT molecular complexity index is 363. The fraction of sp³-hybridized carbons (Fsp3) is 0.222. The number of aliphatic carboxylic acids is 1. The van der Waals surface area contributed by atoms with Crippen molar-refractivity contribution in [1.82, 2.24) is 10.3 Å². The smallest absolute Gasteiger partial charge is 0.322 e. The summed E-state index contributed by atoms with van der Waals surface area (Å²) in [6.07, 6.45) is 3.04. The number of carboxylic acid groups (broad SMARTS) is 1. The minimum atomic E-state index is -1.06. The highest BCUT2D eigenvalue weighted by Crippen LogP contribution is 2.03. The first kappa shape index (κ1) is 10.2. The summed E-state index contributed by atoms with van der Waals surface area (Å²) in [5.41, 5.74) is 1.16. The van der Waals surface area contributed by atoms with Crippen LogP contribution in [-0.4, -0.2) is 28.5 Å². The lowest BCUT2D eigenvalue weighted by Gasteiger charge is -2.04. The number of nitrogens with zero attached hydrogens (tertiary/aromatic N) is 1. The Kier molecular flexibility index (Phi) is 3.17. The van der Waals surface area contributed by atoms with Gasteiger partial charge >= 0.3 is 5.97 Å². The summed E-state index contributed by atoms with van der Waals surface area (Å²) in [4.78, 5) is 25.4. The van der Waals surface area contributed by atoms with E-state index in [1.54, 1.807) is 19.2 Å². The van der Waals surface area contributed by atoms with Crippen LogP contribution in [0.5, 0.6) is 0 Å². The van der Waals surface area contributed by atoms with E-state index in [4.69, 9.17) is 5.11 Å². The predicted octanol–water partition coefficient (Wildman–Crippen LogP) is 0.204. The Balaban J connectivity index is 2.70. The molecule has 0 bridgehead atoms. The molecule has 0 radical (unpaired) electrons. The molecule has 1 aromatic rings. The molecule has 1 aromatic heterocycles. The van der Waals surface area contributed by atoms with Crippen molar-refractivity contribution >= 4 is 11.9 Å². The number of aromatic nitrogens is 1. The summed E-state index contributed by atoms with van der Waals surface area (Å²) < 4.78 is 0. The number of carboxylic acids is 1. The summed E-state index contributed by atoms with van der Waals surface area (Å²) in [5, 5.41) is 10.6. The number of amides is 1. The second-order valence-electron chi connectivity index (χ2n) is 2.77. The number of hydrogen-bond acceptors (Lipinski definition) is 3. The lowest BCUT2D eigenvalue weighted by Crippen LogP contribution is -2.29. The molecule has 0 aromatic carbocycles. The highest BCUT2D eigenvalue weighted by molar-refractivity contribution is 5.96. The third-order valence-electron chi connectivity index (χ3n) is 1.67. The van der Waals surface area contributed by atoms with Gasteiger partial charge in [-0.05, 0) is 18.6 Å². The topological polar surface area (TPSA) is 79.3 Å². The van der Waals surface area contributed by atoms with Crippen LogP contribution in [-0.2, 0) is 4.79 Å². The van der Waals surface area contributed by atoms with E-state index in [-0.39, 0.29) is 6.54 Å². The van der Waals surface area contributed by atoms with E-state index in [9.17, 15) is 9.59 Å². The third-order valence-corrected chi connectivity index (χ3v) is 1.67. The van der Waals surface area contributed by atoms with Gasteiger partial charge in [0.25, 0.3) is 5.91 Å². The lowest BCUT2D eigenvalue weighted by molar-refractivity contribution is -0.135. The Morgan fingerprint density at radius 2 is 2.29 bits per heavy atom. The zero-order valence-electron chi connectivity index (χ0n) is 7.65. The first-order valence-electron chi connectivity index (χ1n) is 4.02. The number of rotatable bonds is 3. The molecule has 1 amide bonds. The molecule has 74 valence electrons. The molecule has 0 fully saturated rings. The number of aryl methyl sites for hydroxylation is 1. The maximum absolute atomic E-state index is 11.4. The van der Waals surface area contributed by atoms with Crippen LogP contribution in [0.3, 0.4) is 0 Å². The van der Waals surface area contributed by atoms with Gasteiger partial charge in [-0.25, -0.2) is 0 Å². The third kappa shape index (κ3) is 2.55. The second kappa shape index (κ2) is 4.36. The van der Waals surface area contributed by atoms with Crippen molar-refractivity contribution in [3.63, 3.8) is 0 Å². The summed E-state index contributed by atoms with van der Waals surface area (Å²) in [6.45, 7) is 1.36. The average Bonchev–Trinajstić information content (AvgIpc) is 2.15. The zero-order chi connectivity index (χ0) is 10.6. The van der Waals surface area contributed by atoms with Gasteiger partial charge in [0.15, 0.2) is 0 Å². The van der Waals surface area contributed by atoms with E-state index in [1.807, 2.05) is 0 Å². The van der Waals surface area contributed by atoms with Crippen molar-refractivity contribution in [1.29, 1.82) is 0 Å². The molecule has 5 heteroatoms. The average molecular weight is 194 g/mol. The molecule has 0 saturated carbocycles. The molecule has 0 saturated heterocycles. The van der Waals surface area contributed by atoms with E-state index >= 15 is 0 Å². The van der Waals surface area contributed by atoms with Crippen LogP contribution in [0.4, 0.5) is 0 Å². The predicted molar refractivity (Wildman–Crippen MR) is 48.9 cm³/mol. The van der Waals surface area contributed by atoms with Gasteiger partial charge in [0, 0.05) is 18.0 Å². The van der Waals surface area contributed by atoms with E-state index in [0.29, 0.717) is 5.56 Å². The molecule has 0 aliphatic rings. The summed E-state index contributed by atoms with van der Waals surface area (Å²) in [6, 6.07) is 1.55. The van der Waals surface area contributed by atoms with Gasteiger partial charge in [0.05, 0.1) is 0 Å². The molecule has 0 aliphatic carbocycles. The Hall–Kier alpha value is -1.91. The van der Waals surface area contributed by atoms with Crippen molar-refractivity contribution in [2.75, 3.05) is 6.54 Å². The molecule has 0 unspecified atom stereocenters. The largest absolute Gasteiger partial charge is 0.480 e. The first-order chi connectivity index (χ1) is 6.61. The Morgan fingerprint density at radius 3 is 2.86 bits per heavy atom. The minimum absolute atomic E-state index is 0.374. The molecule has 1 rings (SSSR count). The molecular formula is C9H10N2O3. The number of nitrogens with one attached hydrogen (secondary N) is 1. The van der Waals surface area contributed by atoms with Crippen LogP contribution in [0, 0.1) is 6.92 Å². The van der Waals surface area contributed by atoms with Crippen LogP contribution in [0.25, 0.3) is 0 Å². The van der Waals surface area contributed by atoms with Crippen molar-refractivity contribution in [2.24, 2.45) is 0 Å². The van der Waals surface area contributed by atoms with Gasteiger partial charge in [-0.15, -0.1) is 0 Å². The Morgan fingerprint density at radius 1 is 1.57 bits per heavy atom. The van der Waals surface area contributed by atoms with Crippen molar-refractivity contribution in [3.8, 4) is 0 Å². The molecule has 0 aliphatic heterocycles. The SMILES string of the molecule is Cc1cnccc1C(=O)NCC(=O)O. The second-order valence-corrected chi connectivity index (χ2v) is 2.77. The standard InChI is InChI=1S/C9H10N2O3/c1-6-4-10-3-2-7(6)9(14)11-5-8(12)13/h2-4H,5H2,1H3,(H,11,14)(H,12,13). The monoisotopic (exact) mass is 194 g/mol. The highest BCUT2D eigenvalue weighted by atomic mass is 16.4. The molecule has 0 atom stereocenters. The fourth-order valence-corrected chi connectivity index (χ4v) is 0.979. The normalized spacial score (nSPS) is 9.50. The molecule has 2 N–H and O–H groups in total. The Labute approximate surface area is 80.8 Å². The van der Waals surface area contributed by atoms with Gasteiger partial charge in [0.1, 0.15) is 6.54 Å². The van der Waals surface area contributed by atoms with E-state index in [2.05, 4.69) is 10.3 Å². The molecule has 0 spiro atoms. The maximum atomic E-state index is 11.4. The zero-order valence-corrected chi connectivity index (χ0v) is 7.65. The van der Waals surface area contributed by atoms with Crippen molar-refractivity contribution < 1.29 is 14.7 Å². The van der Waals surface area contributed by atoms with Crippen molar-refractivity contribution in [3.05, 3.63) is 29.6 Å². The summed E-state index contributed by atoms with van der Waals surface area (Å²) in [5.74, 6) is -1.46. The van der Waals surface area contributed by atoms with Crippen LogP contribution in [0.2, 0.25) is 0 Å². The minimum Gasteiger partial charge on any atom is -0.480 e. The summed E-state index contributed by atoms with van der Waals surface area (Å²) >= 11 is 0. The quantitative estimate of drug-likeness (QED) is 0.720. The fourth-order valence-electron chi connectivity index (χ4n) is 0.979. The number of carbonyl (C=O) groups is 2. The van der Waals surface area contributed by atoms with E-state index in [0.717, 1.165) is 5.56 Å². The number of pyridine rings is 1. The van der Waals surface area contributed by atoms with Crippen molar-refractivity contribution in [2.45, 2.75) is 6.92 Å². The summed E-state index contributed by atoms with van der Waals surface area (Å²) in [7, 11) is 0. The van der Waals surface area contributed by atoms with Crippen LogP contribution in [0.15, 0.2) is 18.5 Å². The van der Waals surface area contributed by atoms with Gasteiger partial charge in [0.2, 0.25) is 0 Å². The molecule has 1 heterocycles. The molecule has 5 nitrogen and oxygen atoms in total. The van der Waals surface area contributed by atoms with E-state index < -0.39 is 11.9 Å². The molecular weight excluding hydrogens is 184 g/mol. The number of carbonyl (C=O) groups excluding carboxylic acids is 1. The van der Waals surface area contributed by atoms with Gasteiger partial charge in [-0.3, -0.25) is 14.6 Å². The lowest BCUT2D eigenvalue weighted by atomic mass is 10.1. The number of hydrogen-bond donors (Lipinski definition) is 2. The molecule has 14 heavy (non-hydrogen) atoms. The van der Waals surface area contributed by atoms with Gasteiger partial charge < -0.3 is 10.4 Å². The van der Waals surface area contributed by atoms with Crippen LogP contribution in [0.1, 0.15) is 15.9 Å². The van der Waals surface area contributed by atoms with Gasteiger partial charge in [-0.1, -0.05) is 0 Å². The maximum Gasteiger partial charge on any atom is 0.322 e. The van der Waals surface area contributed by atoms with E-state index in [1.165, 1.54) is 6.20 Å². The van der Waals surface area contributed by atoms with Gasteiger partial charge in [-0.2, -0.15) is 0 Å². The highest BCUT2D eigenvalue weighted by Gasteiger charge is 2.08. The first-order valence-corrected chi connectivity index (χ1v) is 4.02. The van der Waals surface area contributed by atoms with Crippen LogP contribution < -0.4 is 5.32 Å².